The highest BCUT2D eigenvalue weighted by Gasteiger charge is 2.18. The molecule has 0 radical (unpaired) electrons. The lowest BCUT2D eigenvalue weighted by atomic mass is 10.00. The van der Waals surface area contributed by atoms with E-state index in [0.717, 1.165) is 57.9 Å². The lowest BCUT2D eigenvalue weighted by molar-refractivity contribution is 0.331. The molecule has 6 heteroatoms. The normalized spacial score (nSPS) is 14.2. The Kier molecular flexibility index (Phi) is 5.58. The molecule has 0 amide bonds. The molecule has 2 aromatic carbocycles. The number of hydrogen-bond acceptors (Lipinski definition) is 4. The first-order chi connectivity index (χ1) is 17.2. The van der Waals surface area contributed by atoms with Gasteiger partial charge in [0.1, 0.15) is 11.3 Å². The molecule has 6 rings (SSSR count). The fourth-order valence-electron chi connectivity index (χ4n) is 5.09. The van der Waals surface area contributed by atoms with E-state index >= 15 is 0 Å². The van der Waals surface area contributed by atoms with Gasteiger partial charge in [-0.05, 0) is 79.9 Å². The van der Waals surface area contributed by atoms with Gasteiger partial charge in [0.15, 0.2) is 0 Å². The van der Waals surface area contributed by atoms with Crippen molar-refractivity contribution in [1.82, 2.24) is 24.6 Å². The molecule has 0 saturated carbocycles. The van der Waals surface area contributed by atoms with Crippen molar-refractivity contribution < 1.29 is 0 Å². The number of likely N-dealkylation sites (tertiary alicyclic amines) is 1. The molecular weight excluding hydrogens is 432 g/mol. The first-order valence-corrected chi connectivity index (χ1v) is 12.4. The highest BCUT2D eigenvalue weighted by molar-refractivity contribution is 5.99. The maximum Gasteiger partial charge on any atom is 0.138 e. The summed E-state index contributed by atoms with van der Waals surface area (Å²) in [5.74, 6) is 0. The van der Waals surface area contributed by atoms with Crippen molar-refractivity contribution in [1.29, 1.82) is 0 Å². The number of pyridine rings is 1. The predicted molar refractivity (Wildman–Crippen MR) is 143 cm³/mol. The Morgan fingerprint density at radius 2 is 1.77 bits per heavy atom. The number of nitrogens with zero attached hydrogens (tertiary/aromatic N) is 4. The van der Waals surface area contributed by atoms with Crippen molar-refractivity contribution in [2.45, 2.75) is 32.9 Å². The van der Waals surface area contributed by atoms with E-state index in [4.69, 9.17) is 10.8 Å². The van der Waals surface area contributed by atoms with Gasteiger partial charge in [-0.3, -0.25) is 9.58 Å². The van der Waals surface area contributed by atoms with Gasteiger partial charge in [0.05, 0.1) is 0 Å². The van der Waals surface area contributed by atoms with E-state index in [-0.39, 0.29) is 0 Å². The number of aromatic nitrogens is 4. The molecule has 4 heterocycles. The molecule has 1 saturated heterocycles. The Labute approximate surface area is 205 Å². The molecule has 1 fully saturated rings. The molecule has 35 heavy (non-hydrogen) atoms. The third-order valence-electron chi connectivity index (χ3n) is 6.93. The molecule has 3 aromatic heterocycles. The van der Waals surface area contributed by atoms with Gasteiger partial charge >= 0.3 is 0 Å². The van der Waals surface area contributed by atoms with Crippen LogP contribution in [-0.4, -0.2) is 37.7 Å². The summed E-state index contributed by atoms with van der Waals surface area (Å²) in [6, 6.07) is 21.1. The van der Waals surface area contributed by atoms with Crippen molar-refractivity contribution in [3.63, 3.8) is 0 Å². The largest absolute Gasteiger partial charge is 0.399 e. The van der Waals surface area contributed by atoms with E-state index in [1.165, 1.54) is 37.1 Å². The van der Waals surface area contributed by atoms with Crippen LogP contribution in [0.2, 0.25) is 0 Å². The topological polar surface area (TPSA) is 75.8 Å². The minimum absolute atomic E-state index is 0.749. The van der Waals surface area contributed by atoms with Gasteiger partial charge in [-0.1, -0.05) is 30.3 Å². The molecule has 0 spiro atoms. The van der Waals surface area contributed by atoms with Gasteiger partial charge in [0.25, 0.3) is 0 Å². The van der Waals surface area contributed by atoms with E-state index in [1.807, 2.05) is 35.1 Å². The van der Waals surface area contributed by atoms with E-state index in [9.17, 15) is 0 Å². The minimum atomic E-state index is 0.749. The highest BCUT2D eigenvalue weighted by atomic mass is 15.3. The Balaban J connectivity index is 1.42. The lowest BCUT2D eigenvalue weighted by Crippen LogP contribution is -2.18. The van der Waals surface area contributed by atoms with E-state index in [0.29, 0.717) is 0 Å². The molecule has 5 aromatic rings. The number of nitrogens with one attached hydrogen (secondary N) is 1. The van der Waals surface area contributed by atoms with Crippen LogP contribution in [0.4, 0.5) is 5.69 Å². The number of H-pyrrole nitrogens is 1. The number of benzene rings is 2. The maximum absolute atomic E-state index is 5.93. The fourth-order valence-corrected chi connectivity index (χ4v) is 5.09. The number of aromatic amines is 1. The Bertz CT molecular complexity index is 1470. The van der Waals surface area contributed by atoms with Gasteiger partial charge in [-0.2, -0.15) is 5.10 Å². The van der Waals surface area contributed by atoms with E-state index < -0.39 is 0 Å². The van der Waals surface area contributed by atoms with Crippen LogP contribution >= 0.6 is 0 Å². The van der Waals surface area contributed by atoms with Crippen LogP contribution in [0.25, 0.3) is 44.7 Å². The van der Waals surface area contributed by atoms with Gasteiger partial charge in [0, 0.05) is 53.4 Å². The SMILES string of the molecule is CCn1cc(-c2ccnc3[nH]c(-c4cccc(CN5CCCC5)c4)cc23)c(-c2ccc(N)cc2)n1. The first-order valence-electron chi connectivity index (χ1n) is 12.4. The summed E-state index contributed by atoms with van der Waals surface area (Å²) < 4.78 is 1.99. The fraction of sp³-hybridized carbons (Fsp3) is 0.241. The van der Waals surface area contributed by atoms with Crippen LogP contribution in [0.15, 0.2) is 73.1 Å². The van der Waals surface area contributed by atoms with Crippen LogP contribution in [0.5, 0.6) is 0 Å². The second kappa shape index (κ2) is 9.04. The first kappa shape index (κ1) is 21.6. The van der Waals surface area contributed by atoms with Crippen LogP contribution in [0.3, 0.4) is 0 Å². The molecule has 3 N–H and O–H groups in total. The number of fused-ring (bicyclic) bond motifs is 1. The molecule has 0 unspecified atom stereocenters. The number of aryl methyl sites for hydroxylation is 1. The van der Waals surface area contributed by atoms with Crippen molar-refractivity contribution in [3.8, 4) is 33.6 Å². The zero-order chi connectivity index (χ0) is 23.8. The summed E-state index contributed by atoms with van der Waals surface area (Å²) in [7, 11) is 0. The summed E-state index contributed by atoms with van der Waals surface area (Å²) in [5.41, 5.74) is 15.4. The summed E-state index contributed by atoms with van der Waals surface area (Å²) in [4.78, 5) is 10.8. The van der Waals surface area contributed by atoms with Gasteiger partial charge in [-0.25, -0.2) is 4.98 Å². The molecule has 1 aliphatic rings. The van der Waals surface area contributed by atoms with Gasteiger partial charge in [0.2, 0.25) is 0 Å². The maximum atomic E-state index is 5.93. The van der Waals surface area contributed by atoms with Crippen molar-refractivity contribution in [2.75, 3.05) is 18.8 Å². The molecule has 176 valence electrons. The van der Waals surface area contributed by atoms with Crippen LogP contribution in [0, 0.1) is 0 Å². The van der Waals surface area contributed by atoms with Crippen molar-refractivity contribution in [2.24, 2.45) is 0 Å². The van der Waals surface area contributed by atoms with Crippen molar-refractivity contribution in [3.05, 3.63) is 78.6 Å². The zero-order valence-electron chi connectivity index (χ0n) is 20.0. The minimum Gasteiger partial charge on any atom is -0.399 e. The second-order valence-corrected chi connectivity index (χ2v) is 9.36. The number of nitrogens with two attached hydrogens (primary N) is 1. The third kappa shape index (κ3) is 4.21. The predicted octanol–water partition coefficient (Wildman–Crippen LogP) is 5.96. The van der Waals surface area contributed by atoms with Crippen molar-refractivity contribution >= 4 is 16.7 Å². The molecular formula is C29H30N6. The lowest BCUT2D eigenvalue weighted by Gasteiger charge is -2.14. The zero-order valence-corrected chi connectivity index (χ0v) is 20.0. The third-order valence-corrected chi connectivity index (χ3v) is 6.93. The average Bonchev–Trinajstić information content (AvgIpc) is 3.64. The van der Waals surface area contributed by atoms with Gasteiger partial charge < -0.3 is 10.7 Å². The smallest absolute Gasteiger partial charge is 0.138 e. The Morgan fingerprint density at radius 1 is 0.943 bits per heavy atom. The van der Waals surface area contributed by atoms with E-state index in [2.05, 4.69) is 64.4 Å². The summed E-state index contributed by atoms with van der Waals surface area (Å²) >= 11 is 0. The summed E-state index contributed by atoms with van der Waals surface area (Å²) in [6.07, 6.45) is 6.62. The molecule has 0 aliphatic carbocycles. The van der Waals surface area contributed by atoms with Crippen LogP contribution < -0.4 is 5.73 Å². The number of rotatable bonds is 6. The highest BCUT2D eigenvalue weighted by Crippen LogP contribution is 2.37. The van der Waals surface area contributed by atoms with Crippen LogP contribution in [0.1, 0.15) is 25.3 Å². The standard InChI is InChI=1S/C29H30N6/c1-2-35-19-26(28(33-35)21-8-10-23(30)11-9-21)24-12-13-31-29-25(24)17-27(32-29)22-7-5-6-20(16-22)18-34-14-3-4-15-34/h5-13,16-17,19H,2-4,14-15,18,30H2,1H3,(H,31,32). The molecule has 1 aliphatic heterocycles. The number of nitrogen functional groups attached to an aromatic ring is 1. The van der Waals surface area contributed by atoms with E-state index in [1.54, 1.807) is 0 Å². The number of anilines is 1. The van der Waals surface area contributed by atoms with Crippen LogP contribution in [-0.2, 0) is 13.1 Å². The summed E-state index contributed by atoms with van der Waals surface area (Å²) in [5, 5.41) is 5.97. The summed E-state index contributed by atoms with van der Waals surface area (Å²) in [6.45, 7) is 6.32. The monoisotopic (exact) mass is 462 g/mol. The molecule has 0 bridgehead atoms. The van der Waals surface area contributed by atoms with Gasteiger partial charge in [-0.15, -0.1) is 0 Å². The molecule has 6 nitrogen and oxygen atoms in total. The quantitative estimate of drug-likeness (QED) is 0.305. The average molecular weight is 463 g/mol. The molecule has 0 atom stereocenters. The Morgan fingerprint density at radius 3 is 2.57 bits per heavy atom. The second-order valence-electron chi connectivity index (χ2n) is 9.36. The Hall–Kier alpha value is -3.90. The number of hydrogen-bond donors (Lipinski definition) is 2.